The fourth-order valence-electron chi connectivity index (χ4n) is 3.19. The molecule has 4 rings (SSSR count). The van der Waals surface area contributed by atoms with Gasteiger partial charge in [0.05, 0.1) is 12.2 Å². The third-order valence-electron chi connectivity index (χ3n) is 4.18. The van der Waals surface area contributed by atoms with Crippen LogP contribution in [0, 0.1) is 13.8 Å². The summed E-state index contributed by atoms with van der Waals surface area (Å²) in [6.07, 6.45) is 0. The lowest BCUT2D eigenvalue weighted by molar-refractivity contribution is 0.0974. The first-order valence-corrected chi connectivity index (χ1v) is 8.01. The van der Waals surface area contributed by atoms with Gasteiger partial charge in [0, 0.05) is 17.7 Å². The Labute approximate surface area is 140 Å². The van der Waals surface area contributed by atoms with Gasteiger partial charge in [-0.1, -0.05) is 29.3 Å². The predicted octanol–water partition coefficient (Wildman–Crippen LogP) is 2.80. The number of hydrogen-bond donors (Lipinski definition) is 1. The maximum atomic E-state index is 12.7. The third kappa shape index (κ3) is 2.48. The summed E-state index contributed by atoms with van der Waals surface area (Å²) in [4.78, 5) is 23.8. The van der Waals surface area contributed by atoms with E-state index in [1.165, 1.54) is 0 Å². The molecule has 24 heavy (non-hydrogen) atoms. The van der Waals surface area contributed by atoms with Crippen molar-refractivity contribution in [3.8, 4) is 0 Å². The lowest BCUT2D eigenvalue weighted by Gasteiger charge is -2.27. The zero-order chi connectivity index (χ0) is 16.7. The number of amides is 1. The Kier molecular flexibility index (Phi) is 3.41. The van der Waals surface area contributed by atoms with Crippen molar-refractivity contribution in [1.29, 1.82) is 0 Å². The minimum Gasteiger partial charge on any atom is -0.294 e. The number of nitrogens with zero attached hydrogens (tertiary/aromatic N) is 3. The molecule has 2 heterocycles. The molecule has 0 saturated heterocycles. The number of guanidine groups is 1. The number of rotatable bonds is 1. The van der Waals surface area contributed by atoms with E-state index in [1.54, 1.807) is 0 Å². The quantitative estimate of drug-likeness (QED) is 0.879. The molecule has 2 aromatic carbocycles. The maximum absolute atomic E-state index is 12.7. The van der Waals surface area contributed by atoms with Gasteiger partial charge >= 0.3 is 0 Å². The van der Waals surface area contributed by atoms with Crippen molar-refractivity contribution in [1.82, 2.24) is 10.2 Å². The Morgan fingerprint density at radius 3 is 2.67 bits per heavy atom. The van der Waals surface area contributed by atoms with Crippen LogP contribution >= 0.6 is 0 Å². The first-order valence-electron chi connectivity index (χ1n) is 8.01. The molecule has 0 saturated carbocycles. The summed E-state index contributed by atoms with van der Waals surface area (Å²) in [5, 5.41) is 2.96. The third-order valence-corrected chi connectivity index (χ3v) is 4.18. The van der Waals surface area contributed by atoms with E-state index in [0.717, 1.165) is 34.8 Å². The summed E-state index contributed by atoms with van der Waals surface area (Å²) in [5.41, 5.74) is 4.63. The summed E-state index contributed by atoms with van der Waals surface area (Å²) in [5.74, 6) is 1.29. The minimum absolute atomic E-state index is 0.147. The van der Waals surface area contributed by atoms with Crippen molar-refractivity contribution in [2.24, 2.45) is 9.98 Å². The van der Waals surface area contributed by atoms with Crippen LogP contribution in [0.1, 0.15) is 27.0 Å². The van der Waals surface area contributed by atoms with Crippen molar-refractivity contribution >= 4 is 23.4 Å². The van der Waals surface area contributed by atoms with Crippen molar-refractivity contribution in [3.05, 3.63) is 64.7 Å². The van der Waals surface area contributed by atoms with Crippen molar-refractivity contribution in [2.75, 3.05) is 13.1 Å². The van der Waals surface area contributed by atoms with E-state index in [9.17, 15) is 4.79 Å². The summed E-state index contributed by atoms with van der Waals surface area (Å²) in [6.45, 7) is 5.42. The van der Waals surface area contributed by atoms with Gasteiger partial charge in [-0.3, -0.25) is 20.0 Å². The second-order valence-electron chi connectivity index (χ2n) is 6.14. The molecule has 2 aromatic rings. The van der Waals surface area contributed by atoms with Crippen LogP contribution < -0.4 is 5.32 Å². The number of aliphatic imine (C=N–C) groups is 2. The van der Waals surface area contributed by atoms with Crippen molar-refractivity contribution < 1.29 is 4.79 Å². The van der Waals surface area contributed by atoms with Gasteiger partial charge in [-0.15, -0.1) is 0 Å². The molecule has 0 bridgehead atoms. The first kappa shape index (κ1) is 14.6. The number of amidine groups is 1. The average Bonchev–Trinajstić information content (AvgIpc) is 3.04. The molecular weight excluding hydrogens is 300 g/mol. The number of nitrogens with one attached hydrogen (secondary N) is 1. The summed E-state index contributed by atoms with van der Waals surface area (Å²) in [7, 11) is 0. The summed E-state index contributed by atoms with van der Waals surface area (Å²) >= 11 is 0. The van der Waals surface area contributed by atoms with Crippen LogP contribution in [0.3, 0.4) is 0 Å². The first-order chi connectivity index (χ1) is 11.6. The Hall–Kier alpha value is -2.95. The largest absolute Gasteiger partial charge is 0.294 e. The molecule has 5 nitrogen and oxygen atoms in total. The normalized spacial score (nSPS) is 15.3. The Morgan fingerprint density at radius 1 is 1.12 bits per heavy atom. The highest BCUT2D eigenvalue weighted by molar-refractivity contribution is 6.19. The van der Waals surface area contributed by atoms with E-state index in [2.05, 4.69) is 21.4 Å². The molecule has 1 amide bonds. The Balaban J connectivity index is 1.68. The van der Waals surface area contributed by atoms with E-state index in [-0.39, 0.29) is 5.91 Å². The van der Waals surface area contributed by atoms with Gasteiger partial charge in [0.15, 0.2) is 0 Å². The number of benzene rings is 2. The number of carbonyl (C=O) groups is 1. The standard InChI is InChI=1S/C19H18N4O/c1-12-9-13(2)11-14(10-12)18(24)22-19-21-16-6-4-3-5-15(16)17-20-7-8-23(17)19/h3-6,9-11H,7-8H2,1-2H3,(H,21,22,24). The molecule has 0 radical (unpaired) electrons. The Bertz CT molecular complexity index is 878. The number of fused-ring (bicyclic) bond motifs is 3. The molecule has 1 N–H and O–H groups in total. The number of hydrogen-bond acceptors (Lipinski definition) is 4. The second kappa shape index (κ2) is 5.60. The predicted molar refractivity (Wildman–Crippen MR) is 95.0 cm³/mol. The highest BCUT2D eigenvalue weighted by Crippen LogP contribution is 2.27. The van der Waals surface area contributed by atoms with E-state index in [0.29, 0.717) is 18.1 Å². The Morgan fingerprint density at radius 2 is 1.88 bits per heavy atom. The second-order valence-corrected chi connectivity index (χ2v) is 6.14. The molecule has 2 aliphatic rings. The van der Waals surface area contributed by atoms with Crippen molar-refractivity contribution in [3.63, 3.8) is 0 Å². The molecule has 2 aliphatic heterocycles. The van der Waals surface area contributed by atoms with E-state index >= 15 is 0 Å². The van der Waals surface area contributed by atoms with E-state index < -0.39 is 0 Å². The molecule has 0 spiro atoms. The van der Waals surface area contributed by atoms with E-state index in [4.69, 9.17) is 0 Å². The lowest BCUT2D eigenvalue weighted by Crippen LogP contribution is -2.47. The summed E-state index contributed by atoms with van der Waals surface area (Å²) < 4.78 is 0. The van der Waals surface area contributed by atoms with Crippen LogP contribution in [-0.4, -0.2) is 35.7 Å². The van der Waals surface area contributed by atoms with Gasteiger partial charge in [0.2, 0.25) is 5.96 Å². The monoisotopic (exact) mass is 318 g/mol. The van der Waals surface area contributed by atoms with E-state index in [1.807, 2.05) is 55.1 Å². The average molecular weight is 318 g/mol. The molecule has 120 valence electrons. The van der Waals surface area contributed by atoms with Crippen LogP contribution in [0.5, 0.6) is 0 Å². The highest BCUT2D eigenvalue weighted by Gasteiger charge is 2.30. The van der Waals surface area contributed by atoms with Crippen LogP contribution in [-0.2, 0) is 0 Å². The van der Waals surface area contributed by atoms with Crippen molar-refractivity contribution in [2.45, 2.75) is 13.8 Å². The number of carbonyl (C=O) groups excluding carboxylic acids is 1. The lowest BCUT2D eigenvalue weighted by atomic mass is 10.1. The topological polar surface area (TPSA) is 57.1 Å². The molecule has 0 aromatic heterocycles. The van der Waals surface area contributed by atoms with Gasteiger partial charge in [-0.2, -0.15) is 0 Å². The van der Waals surface area contributed by atoms with Gasteiger partial charge in [0.1, 0.15) is 5.84 Å². The van der Waals surface area contributed by atoms with Gasteiger partial charge in [-0.05, 0) is 38.1 Å². The zero-order valence-corrected chi connectivity index (χ0v) is 13.7. The number of para-hydroxylation sites is 1. The van der Waals surface area contributed by atoms with Crippen LogP contribution in [0.15, 0.2) is 52.4 Å². The number of aryl methyl sites for hydroxylation is 2. The maximum Gasteiger partial charge on any atom is 0.257 e. The summed E-state index contributed by atoms with van der Waals surface area (Å²) in [6, 6.07) is 13.7. The fourth-order valence-corrected chi connectivity index (χ4v) is 3.19. The molecule has 0 unspecified atom stereocenters. The molecule has 0 atom stereocenters. The molecule has 0 aliphatic carbocycles. The molecule has 0 fully saturated rings. The minimum atomic E-state index is -0.147. The van der Waals surface area contributed by atoms with Gasteiger partial charge in [-0.25, -0.2) is 4.99 Å². The highest BCUT2D eigenvalue weighted by atomic mass is 16.1. The van der Waals surface area contributed by atoms with Gasteiger partial charge < -0.3 is 0 Å². The molecule has 5 heteroatoms. The molecular formula is C19H18N4O. The van der Waals surface area contributed by atoms with Gasteiger partial charge in [0.25, 0.3) is 5.91 Å². The zero-order valence-electron chi connectivity index (χ0n) is 13.7. The van der Waals surface area contributed by atoms with Crippen LogP contribution in [0.2, 0.25) is 0 Å². The SMILES string of the molecule is Cc1cc(C)cc(C(=O)NC2=Nc3ccccc3C3=NCCN23)c1. The smallest absolute Gasteiger partial charge is 0.257 e. The fraction of sp³-hybridized carbons (Fsp3) is 0.211. The van der Waals surface area contributed by atoms with Crippen LogP contribution in [0.4, 0.5) is 5.69 Å². The van der Waals surface area contributed by atoms with Crippen LogP contribution in [0.25, 0.3) is 0 Å².